The first-order chi connectivity index (χ1) is 10.4. The Hall–Kier alpha value is -2.11. The highest BCUT2D eigenvalue weighted by Crippen LogP contribution is 2.56. The van der Waals surface area contributed by atoms with Gasteiger partial charge < -0.3 is 14.6 Å². The number of rotatable bonds is 5. The lowest BCUT2D eigenvalue weighted by Gasteiger charge is -2.61. The number of Topliss-reactive ketones (excluding diaryl/α,β-unsaturated/α-hetero) is 1. The first-order valence-corrected chi connectivity index (χ1v) is 7.57. The summed E-state index contributed by atoms with van der Waals surface area (Å²) in [5, 5.41) is 2.85. The number of aryl methyl sites for hydroxylation is 1. The molecule has 3 saturated carbocycles. The topological polar surface area (TPSA) is 77.4 Å². The quantitative estimate of drug-likeness (QED) is 0.506. The van der Waals surface area contributed by atoms with Crippen LogP contribution in [-0.2, 0) is 16.6 Å². The van der Waals surface area contributed by atoms with Gasteiger partial charge in [0.1, 0.15) is 5.69 Å². The lowest BCUT2D eigenvalue weighted by Crippen LogP contribution is -2.68. The van der Waals surface area contributed by atoms with Crippen molar-refractivity contribution in [1.82, 2.24) is 9.88 Å². The van der Waals surface area contributed by atoms with Crippen molar-refractivity contribution in [2.45, 2.75) is 38.6 Å². The maximum Gasteiger partial charge on any atom is 0.355 e. The van der Waals surface area contributed by atoms with Crippen molar-refractivity contribution in [2.24, 2.45) is 13.0 Å². The van der Waals surface area contributed by atoms with Crippen LogP contribution in [0, 0.1) is 12.8 Å². The van der Waals surface area contributed by atoms with Crippen molar-refractivity contribution in [3.05, 3.63) is 23.0 Å². The van der Waals surface area contributed by atoms with Crippen molar-refractivity contribution >= 4 is 17.7 Å². The zero-order valence-corrected chi connectivity index (χ0v) is 13.1. The largest absolute Gasteiger partial charge is 0.461 e. The van der Waals surface area contributed by atoms with Crippen LogP contribution in [0.15, 0.2) is 6.20 Å². The molecule has 6 nitrogen and oxygen atoms in total. The average Bonchev–Trinajstić information content (AvgIpc) is 2.67. The molecule has 4 rings (SSSR count). The van der Waals surface area contributed by atoms with Gasteiger partial charge in [-0.25, -0.2) is 4.79 Å². The minimum atomic E-state index is -0.589. The standard InChI is InChI=1S/C16H20N2O4/c1-4-22-15(21)12-9(2)11(8-18(12)3)13(19)14(20)17-16-5-10(6-16)7-16/h8,10H,4-7H2,1-3H3,(H,17,20). The third kappa shape index (κ3) is 2.14. The van der Waals surface area contributed by atoms with Crippen LogP contribution in [0.5, 0.6) is 0 Å². The molecule has 2 bridgehead atoms. The van der Waals surface area contributed by atoms with Crippen molar-refractivity contribution in [1.29, 1.82) is 0 Å². The molecule has 6 heteroatoms. The Bertz CT molecular complexity index is 657. The zero-order valence-electron chi connectivity index (χ0n) is 13.1. The van der Waals surface area contributed by atoms with Crippen LogP contribution in [0.1, 0.15) is 52.6 Å². The molecule has 0 unspecified atom stereocenters. The van der Waals surface area contributed by atoms with Crippen LogP contribution in [0.2, 0.25) is 0 Å². The number of hydrogen-bond donors (Lipinski definition) is 1. The number of hydrogen-bond acceptors (Lipinski definition) is 4. The molecule has 118 valence electrons. The van der Waals surface area contributed by atoms with Crippen molar-refractivity contribution in [3.8, 4) is 0 Å². The van der Waals surface area contributed by atoms with E-state index in [1.807, 2.05) is 0 Å². The molecule has 3 aliphatic rings. The molecule has 1 N–H and O–H groups in total. The first kappa shape index (κ1) is 14.8. The smallest absolute Gasteiger partial charge is 0.355 e. The van der Waals surface area contributed by atoms with Crippen LogP contribution in [0.4, 0.5) is 0 Å². The van der Waals surface area contributed by atoms with E-state index in [1.165, 1.54) is 10.8 Å². The molecule has 1 heterocycles. The summed E-state index contributed by atoms with van der Waals surface area (Å²) >= 11 is 0. The van der Waals surface area contributed by atoms with Crippen molar-refractivity contribution < 1.29 is 19.1 Å². The first-order valence-electron chi connectivity index (χ1n) is 7.57. The van der Waals surface area contributed by atoms with Gasteiger partial charge in [0, 0.05) is 24.3 Å². The van der Waals surface area contributed by atoms with E-state index in [4.69, 9.17) is 4.74 Å². The summed E-state index contributed by atoms with van der Waals surface area (Å²) in [5.41, 5.74) is 0.918. The summed E-state index contributed by atoms with van der Waals surface area (Å²) in [5.74, 6) is -0.929. The molecule has 0 aromatic carbocycles. The van der Waals surface area contributed by atoms with E-state index < -0.39 is 17.7 Å². The minimum absolute atomic E-state index is 0.135. The number of amides is 1. The Kier molecular flexibility index (Phi) is 3.34. The van der Waals surface area contributed by atoms with Crippen molar-refractivity contribution in [3.63, 3.8) is 0 Å². The Morgan fingerprint density at radius 2 is 2.00 bits per heavy atom. The second-order valence-corrected chi connectivity index (χ2v) is 6.39. The molecular weight excluding hydrogens is 284 g/mol. The number of carbonyl (C=O) groups is 3. The van der Waals surface area contributed by atoms with Gasteiger partial charge in [-0.2, -0.15) is 0 Å². The third-order valence-electron chi connectivity index (χ3n) is 4.77. The van der Waals surface area contributed by atoms with E-state index in [-0.39, 0.29) is 17.7 Å². The summed E-state index contributed by atoms with van der Waals surface area (Å²) in [6.07, 6.45) is 4.46. The maximum atomic E-state index is 12.4. The van der Waals surface area contributed by atoms with Gasteiger partial charge in [0.05, 0.1) is 6.61 Å². The van der Waals surface area contributed by atoms with Gasteiger partial charge in [0.2, 0.25) is 0 Å². The SMILES string of the molecule is CCOC(=O)c1c(C)c(C(=O)C(=O)NC23CC(C2)C3)cn1C. The molecule has 1 aromatic rings. The maximum absolute atomic E-state index is 12.4. The molecule has 0 radical (unpaired) electrons. The molecule has 0 aliphatic heterocycles. The fraction of sp³-hybridized carbons (Fsp3) is 0.562. The van der Waals surface area contributed by atoms with E-state index in [1.54, 1.807) is 20.9 Å². The number of nitrogens with one attached hydrogen (secondary N) is 1. The number of ether oxygens (including phenoxy) is 1. The second-order valence-electron chi connectivity index (χ2n) is 6.39. The van der Waals surface area contributed by atoms with Gasteiger partial charge in [0.25, 0.3) is 11.7 Å². The predicted molar refractivity (Wildman–Crippen MR) is 78.7 cm³/mol. The molecule has 1 aromatic heterocycles. The predicted octanol–water partition coefficient (Wildman–Crippen LogP) is 1.36. The highest BCUT2D eigenvalue weighted by Gasteiger charge is 2.57. The van der Waals surface area contributed by atoms with Crippen LogP contribution in [0.25, 0.3) is 0 Å². The van der Waals surface area contributed by atoms with Gasteiger partial charge in [-0.15, -0.1) is 0 Å². The average molecular weight is 304 g/mol. The molecular formula is C16H20N2O4. The van der Waals surface area contributed by atoms with E-state index >= 15 is 0 Å². The van der Waals surface area contributed by atoms with E-state index in [0.29, 0.717) is 11.3 Å². The number of ketones is 1. The van der Waals surface area contributed by atoms with Gasteiger partial charge in [-0.05, 0) is 44.6 Å². The number of carbonyl (C=O) groups excluding carboxylic acids is 3. The molecule has 3 aliphatic carbocycles. The summed E-state index contributed by atoms with van der Waals surface area (Å²) in [7, 11) is 1.66. The van der Waals surface area contributed by atoms with E-state index in [2.05, 4.69) is 5.32 Å². The lowest BCUT2D eigenvalue weighted by atomic mass is 9.50. The van der Waals surface area contributed by atoms with E-state index in [9.17, 15) is 14.4 Å². The molecule has 22 heavy (non-hydrogen) atoms. The monoisotopic (exact) mass is 304 g/mol. The van der Waals surface area contributed by atoms with Crippen LogP contribution in [0.3, 0.4) is 0 Å². The molecule has 1 amide bonds. The Labute approximate surface area is 128 Å². The summed E-state index contributed by atoms with van der Waals surface area (Å²) in [6.45, 7) is 3.64. The fourth-order valence-corrected chi connectivity index (χ4v) is 3.52. The molecule has 0 spiro atoms. The third-order valence-corrected chi connectivity index (χ3v) is 4.77. The molecule has 3 fully saturated rings. The zero-order chi connectivity index (χ0) is 16.1. The van der Waals surface area contributed by atoms with Crippen LogP contribution >= 0.6 is 0 Å². The van der Waals surface area contributed by atoms with Crippen molar-refractivity contribution in [2.75, 3.05) is 6.61 Å². The lowest BCUT2D eigenvalue weighted by molar-refractivity contribution is -0.128. The number of esters is 1. The van der Waals surface area contributed by atoms with Gasteiger partial charge in [-0.1, -0.05) is 0 Å². The van der Waals surface area contributed by atoms with E-state index in [0.717, 1.165) is 25.2 Å². The van der Waals surface area contributed by atoms with Gasteiger partial charge in [0.15, 0.2) is 0 Å². The summed E-state index contributed by atoms with van der Waals surface area (Å²) < 4.78 is 6.52. The van der Waals surface area contributed by atoms with Crippen LogP contribution in [-0.4, -0.2) is 34.4 Å². The van der Waals surface area contributed by atoms with Gasteiger partial charge >= 0.3 is 5.97 Å². The Morgan fingerprint density at radius 1 is 1.36 bits per heavy atom. The Balaban J connectivity index is 1.78. The minimum Gasteiger partial charge on any atom is -0.461 e. The highest BCUT2D eigenvalue weighted by molar-refractivity contribution is 6.43. The number of nitrogens with zero attached hydrogens (tertiary/aromatic N) is 1. The number of aromatic nitrogens is 1. The van der Waals surface area contributed by atoms with Gasteiger partial charge in [-0.3, -0.25) is 9.59 Å². The summed E-state index contributed by atoms with van der Waals surface area (Å²) in [6, 6.07) is 0. The Morgan fingerprint density at radius 3 is 2.50 bits per heavy atom. The highest BCUT2D eigenvalue weighted by atomic mass is 16.5. The molecule has 0 saturated heterocycles. The normalized spacial score (nSPS) is 25.0. The van der Waals surface area contributed by atoms with Crippen LogP contribution < -0.4 is 5.32 Å². The fourth-order valence-electron chi connectivity index (χ4n) is 3.52. The summed E-state index contributed by atoms with van der Waals surface area (Å²) in [4.78, 5) is 36.5. The molecule has 0 atom stereocenters. The second kappa shape index (κ2) is 4.97.